The van der Waals surface area contributed by atoms with Crippen LogP contribution in [-0.2, 0) is 6.54 Å². The fourth-order valence-corrected chi connectivity index (χ4v) is 3.15. The second-order valence-electron chi connectivity index (χ2n) is 3.77. The number of ether oxygens (including phenoxy) is 1. The predicted molar refractivity (Wildman–Crippen MR) is 74.6 cm³/mol. The third-order valence-electron chi connectivity index (χ3n) is 2.62. The normalized spacial score (nSPS) is 10.7. The molecule has 96 valence electrons. The van der Waals surface area contributed by atoms with Crippen molar-refractivity contribution in [2.24, 2.45) is 0 Å². The van der Waals surface area contributed by atoms with Crippen LogP contribution in [0.1, 0.15) is 27.9 Å². The fourth-order valence-electron chi connectivity index (χ4n) is 1.67. The van der Waals surface area contributed by atoms with Crippen LogP contribution >= 0.6 is 27.3 Å². The van der Waals surface area contributed by atoms with Gasteiger partial charge in [-0.25, -0.2) is 0 Å². The lowest BCUT2D eigenvalue weighted by Crippen LogP contribution is -2.10. The molecule has 2 rings (SSSR count). The molecule has 0 amide bonds. The van der Waals surface area contributed by atoms with Gasteiger partial charge in [-0.05, 0) is 41.4 Å². The molecule has 0 aliphatic heterocycles. The van der Waals surface area contributed by atoms with Gasteiger partial charge in [-0.2, -0.15) is 5.10 Å². The summed E-state index contributed by atoms with van der Waals surface area (Å²) in [7, 11) is 1.55. The van der Waals surface area contributed by atoms with Gasteiger partial charge in [-0.15, -0.1) is 11.3 Å². The van der Waals surface area contributed by atoms with E-state index >= 15 is 0 Å². The second-order valence-corrected chi connectivity index (χ2v) is 6.14. The van der Waals surface area contributed by atoms with Crippen molar-refractivity contribution in [1.29, 1.82) is 0 Å². The number of aromatic nitrogens is 2. The summed E-state index contributed by atoms with van der Waals surface area (Å²) < 4.78 is 7.83. The van der Waals surface area contributed by atoms with Gasteiger partial charge >= 0.3 is 0 Å². The van der Waals surface area contributed by atoms with E-state index in [9.17, 15) is 4.79 Å². The molecule has 0 fully saturated rings. The van der Waals surface area contributed by atoms with Crippen LogP contribution in [0.15, 0.2) is 16.0 Å². The molecule has 0 radical (unpaired) electrons. The molecule has 0 saturated carbocycles. The molecule has 2 aromatic rings. The maximum absolute atomic E-state index is 12.5. The summed E-state index contributed by atoms with van der Waals surface area (Å²) in [6.07, 6.45) is 1.58. The summed E-state index contributed by atoms with van der Waals surface area (Å²) in [5.41, 5.74) is 1.57. The Balaban J connectivity index is 2.47. The quantitative estimate of drug-likeness (QED) is 0.809. The van der Waals surface area contributed by atoms with Crippen molar-refractivity contribution in [1.82, 2.24) is 9.78 Å². The first-order valence-corrected chi connectivity index (χ1v) is 7.09. The molecular formula is C12H13BrN2O2S. The number of methoxy groups -OCH3 is 1. The van der Waals surface area contributed by atoms with Gasteiger partial charge in [0.05, 0.1) is 22.0 Å². The first kappa shape index (κ1) is 13.3. The Hall–Kier alpha value is -1.14. The van der Waals surface area contributed by atoms with E-state index in [-0.39, 0.29) is 5.78 Å². The van der Waals surface area contributed by atoms with Crippen LogP contribution < -0.4 is 4.74 Å². The number of thiophene rings is 1. The number of hydrogen-bond donors (Lipinski definition) is 0. The molecule has 0 aliphatic rings. The summed E-state index contributed by atoms with van der Waals surface area (Å²) in [5.74, 6) is 0.467. The minimum atomic E-state index is -0.0509. The zero-order valence-electron chi connectivity index (χ0n) is 10.4. The minimum absolute atomic E-state index is 0.0509. The van der Waals surface area contributed by atoms with Crippen molar-refractivity contribution >= 4 is 33.0 Å². The van der Waals surface area contributed by atoms with E-state index in [1.165, 1.54) is 11.3 Å². The van der Waals surface area contributed by atoms with Crippen LogP contribution in [0.4, 0.5) is 0 Å². The number of rotatable bonds is 4. The second kappa shape index (κ2) is 5.24. The maximum atomic E-state index is 12.5. The molecule has 0 aromatic carbocycles. The third-order valence-corrected chi connectivity index (χ3v) is 4.76. The summed E-state index contributed by atoms with van der Waals surface area (Å²) in [6.45, 7) is 4.54. The van der Waals surface area contributed by atoms with E-state index in [0.29, 0.717) is 22.9 Å². The largest absolute Gasteiger partial charge is 0.493 e. The van der Waals surface area contributed by atoms with Crippen molar-refractivity contribution in [3.05, 3.63) is 32.2 Å². The van der Waals surface area contributed by atoms with Crippen LogP contribution in [-0.4, -0.2) is 22.7 Å². The number of halogens is 1. The smallest absolute Gasteiger partial charge is 0.224 e. The van der Waals surface area contributed by atoms with Gasteiger partial charge in [0.1, 0.15) is 0 Å². The average Bonchev–Trinajstić information content (AvgIpc) is 2.92. The number of hydrogen-bond acceptors (Lipinski definition) is 4. The van der Waals surface area contributed by atoms with Crippen LogP contribution in [0, 0.1) is 6.92 Å². The Morgan fingerprint density at radius 3 is 2.83 bits per heavy atom. The number of aryl methyl sites for hydroxylation is 2. The lowest BCUT2D eigenvalue weighted by molar-refractivity contribution is 0.102. The highest BCUT2D eigenvalue weighted by molar-refractivity contribution is 9.11. The number of nitrogens with zero attached hydrogens (tertiary/aromatic N) is 2. The average molecular weight is 329 g/mol. The zero-order valence-corrected chi connectivity index (χ0v) is 12.8. The minimum Gasteiger partial charge on any atom is -0.493 e. The van der Waals surface area contributed by atoms with E-state index in [1.807, 2.05) is 19.9 Å². The Kier molecular flexibility index (Phi) is 3.87. The van der Waals surface area contributed by atoms with Gasteiger partial charge in [-0.1, -0.05) is 0 Å². The first-order chi connectivity index (χ1) is 8.58. The molecule has 0 saturated heterocycles. The SMILES string of the molecule is CCn1ncc(OC)c1C(=O)c1cc(C)c(Br)s1. The molecule has 0 N–H and O–H groups in total. The molecule has 6 heteroatoms. The van der Waals surface area contributed by atoms with Crippen LogP contribution in [0.2, 0.25) is 0 Å². The summed E-state index contributed by atoms with van der Waals surface area (Å²) >= 11 is 4.86. The van der Waals surface area contributed by atoms with E-state index in [4.69, 9.17) is 4.74 Å². The van der Waals surface area contributed by atoms with E-state index in [2.05, 4.69) is 21.0 Å². The number of carbonyl (C=O) groups excluding carboxylic acids is 1. The predicted octanol–water partition coefficient (Wildman–Crippen LogP) is 3.28. The third kappa shape index (κ3) is 2.22. The number of carbonyl (C=O) groups is 1. The zero-order chi connectivity index (χ0) is 13.3. The summed E-state index contributed by atoms with van der Waals surface area (Å²) in [5, 5.41) is 4.15. The fraction of sp³-hybridized carbons (Fsp3) is 0.333. The van der Waals surface area contributed by atoms with Gasteiger partial charge < -0.3 is 4.74 Å². The Labute approximate surface area is 118 Å². The van der Waals surface area contributed by atoms with E-state index in [1.54, 1.807) is 18.0 Å². The van der Waals surface area contributed by atoms with Crippen molar-refractivity contribution in [3.63, 3.8) is 0 Å². The van der Waals surface area contributed by atoms with Crippen molar-refractivity contribution in [2.45, 2.75) is 20.4 Å². The molecule has 18 heavy (non-hydrogen) atoms. The number of ketones is 1. The van der Waals surface area contributed by atoms with Crippen LogP contribution in [0.5, 0.6) is 5.75 Å². The van der Waals surface area contributed by atoms with Gasteiger partial charge in [0.25, 0.3) is 0 Å². The molecule has 4 nitrogen and oxygen atoms in total. The molecule has 0 spiro atoms. The van der Waals surface area contributed by atoms with Gasteiger partial charge in [-0.3, -0.25) is 9.48 Å². The monoisotopic (exact) mass is 328 g/mol. The molecule has 0 unspecified atom stereocenters. The van der Waals surface area contributed by atoms with E-state index < -0.39 is 0 Å². The Bertz CT molecular complexity index is 548. The van der Waals surface area contributed by atoms with Crippen molar-refractivity contribution in [2.75, 3.05) is 7.11 Å². The van der Waals surface area contributed by atoms with Crippen LogP contribution in [0.3, 0.4) is 0 Å². The van der Waals surface area contributed by atoms with Gasteiger partial charge in [0.2, 0.25) is 5.78 Å². The van der Waals surface area contributed by atoms with Crippen LogP contribution in [0.25, 0.3) is 0 Å². The topological polar surface area (TPSA) is 44.1 Å². The lowest BCUT2D eigenvalue weighted by atomic mass is 10.2. The van der Waals surface area contributed by atoms with Gasteiger partial charge in [0.15, 0.2) is 11.4 Å². The summed E-state index contributed by atoms with van der Waals surface area (Å²) in [6, 6.07) is 1.88. The van der Waals surface area contributed by atoms with Gasteiger partial charge in [0, 0.05) is 6.54 Å². The first-order valence-electron chi connectivity index (χ1n) is 5.48. The molecule has 0 bridgehead atoms. The Morgan fingerprint density at radius 1 is 1.61 bits per heavy atom. The highest BCUT2D eigenvalue weighted by atomic mass is 79.9. The highest BCUT2D eigenvalue weighted by Crippen LogP contribution is 2.31. The molecular weight excluding hydrogens is 316 g/mol. The molecule has 0 atom stereocenters. The molecule has 2 heterocycles. The maximum Gasteiger partial charge on any atom is 0.224 e. The molecule has 0 aliphatic carbocycles. The van der Waals surface area contributed by atoms with Crippen molar-refractivity contribution < 1.29 is 9.53 Å². The summed E-state index contributed by atoms with van der Waals surface area (Å²) in [4.78, 5) is 13.2. The molecule has 2 aromatic heterocycles. The van der Waals surface area contributed by atoms with E-state index in [0.717, 1.165) is 9.35 Å². The Morgan fingerprint density at radius 2 is 2.33 bits per heavy atom. The standard InChI is InChI=1S/C12H13BrN2O2S/c1-4-15-10(8(17-3)6-14-15)11(16)9-5-7(2)12(13)18-9/h5-6H,4H2,1-3H3. The van der Waals surface area contributed by atoms with Crippen molar-refractivity contribution in [3.8, 4) is 5.75 Å². The highest BCUT2D eigenvalue weighted by Gasteiger charge is 2.22. The lowest BCUT2D eigenvalue weighted by Gasteiger charge is -2.04.